The highest BCUT2D eigenvalue weighted by Crippen LogP contribution is 2.42. The molecule has 94 valence electrons. The average Bonchev–Trinajstić information content (AvgIpc) is 3.14. The smallest absolute Gasteiger partial charge is 0.159 e. The fourth-order valence-electron chi connectivity index (χ4n) is 1.81. The van der Waals surface area contributed by atoms with Crippen LogP contribution in [0.4, 0.5) is 5.82 Å². The molecular formula is C12H18IN3O. The summed E-state index contributed by atoms with van der Waals surface area (Å²) in [6.07, 6.45) is 4.41. The number of anilines is 1. The van der Waals surface area contributed by atoms with E-state index in [2.05, 4.69) is 44.8 Å². The van der Waals surface area contributed by atoms with Crippen LogP contribution in [0.2, 0.25) is 0 Å². The van der Waals surface area contributed by atoms with E-state index >= 15 is 0 Å². The van der Waals surface area contributed by atoms with E-state index in [-0.39, 0.29) is 6.10 Å². The van der Waals surface area contributed by atoms with Crippen LogP contribution in [0.5, 0.6) is 0 Å². The van der Waals surface area contributed by atoms with Crippen LogP contribution in [0.1, 0.15) is 38.6 Å². The van der Waals surface area contributed by atoms with Gasteiger partial charge in [-0.25, -0.2) is 9.97 Å². The van der Waals surface area contributed by atoms with E-state index in [0.29, 0.717) is 12.5 Å². The highest BCUT2D eigenvalue weighted by molar-refractivity contribution is 14.1. The van der Waals surface area contributed by atoms with Crippen molar-refractivity contribution in [3.8, 4) is 0 Å². The first-order valence-electron chi connectivity index (χ1n) is 6.14. The Balaban J connectivity index is 2.20. The summed E-state index contributed by atoms with van der Waals surface area (Å²) in [5.41, 5.74) is 0. The lowest BCUT2D eigenvalue weighted by Crippen LogP contribution is -2.13. The molecule has 1 atom stereocenters. The maximum Gasteiger partial charge on any atom is 0.159 e. The molecule has 1 heterocycles. The van der Waals surface area contributed by atoms with Crippen molar-refractivity contribution >= 4 is 28.4 Å². The van der Waals surface area contributed by atoms with E-state index in [1.807, 2.05) is 13.1 Å². The summed E-state index contributed by atoms with van der Waals surface area (Å²) in [6, 6.07) is 0. The van der Waals surface area contributed by atoms with Gasteiger partial charge in [0.2, 0.25) is 0 Å². The minimum absolute atomic E-state index is 0.0782. The molecule has 0 spiro atoms. The van der Waals surface area contributed by atoms with Gasteiger partial charge in [0.05, 0.1) is 3.57 Å². The van der Waals surface area contributed by atoms with Gasteiger partial charge >= 0.3 is 0 Å². The van der Waals surface area contributed by atoms with Crippen molar-refractivity contribution in [3.05, 3.63) is 15.6 Å². The monoisotopic (exact) mass is 347 g/mol. The molecule has 1 N–H and O–H groups in total. The zero-order valence-electron chi connectivity index (χ0n) is 10.2. The van der Waals surface area contributed by atoms with Gasteiger partial charge in [-0.15, -0.1) is 0 Å². The lowest BCUT2D eigenvalue weighted by atomic mass is 10.2. The van der Waals surface area contributed by atoms with E-state index in [1.54, 1.807) is 0 Å². The van der Waals surface area contributed by atoms with Crippen molar-refractivity contribution in [1.82, 2.24) is 9.97 Å². The quantitative estimate of drug-likeness (QED) is 0.804. The average molecular weight is 347 g/mol. The minimum atomic E-state index is 0.0782. The second-order valence-electron chi connectivity index (χ2n) is 4.17. The van der Waals surface area contributed by atoms with Crippen LogP contribution in [-0.4, -0.2) is 23.1 Å². The summed E-state index contributed by atoms with van der Waals surface area (Å²) >= 11 is 2.25. The minimum Gasteiger partial charge on any atom is -0.370 e. The Labute approximate surface area is 116 Å². The number of hydrogen-bond acceptors (Lipinski definition) is 4. The Bertz CT molecular complexity index is 382. The van der Waals surface area contributed by atoms with E-state index in [1.165, 1.54) is 12.8 Å². The number of rotatable bonds is 6. The number of ether oxygens (including phenoxy) is 1. The standard InChI is InChI=1S/C12H18IN3O/c1-3-14-11-9(13)7-15-12(16-11)10(17-4-2)8-5-6-8/h7-8,10H,3-6H2,1-2H3,(H,14,15,16). The number of halogens is 1. The zero-order chi connectivity index (χ0) is 12.3. The van der Waals surface area contributed by atoms with Crippen molar-refractivity contribution in [3.63, 3.8) is 0 Å². The predicted octanol–water partition coefficient (Wildman–Crippen LogP) is 3.00. The molecule has 1 aliphatic carbocycles. The second kappa shape index (κ2) is 5.95. The van der Waals surface area contributed by atoms with E-state index in [9.17, 15) is 0 Å². The Hall–Kier alpha value is -0.430. The molecule has 1 aromatic heterocycles. The Kier molecular flexibility index (Phi) is 4.55. The topological polar surface area (TPSA) is 47.0 Å². The normalized spacial score (nSPS) is 16.9. The van der Waals surface area contributed by atoms with E-state index < -0.39 is 0 Å². The van der Waals surface area contributed by atoms with Crippen molar-refractivity contribution in [2.75, 3.05) is 18.5 Å². The van der Waals surface area contributed by atoms with Gasteiger partial charge in [-0.05, 0) is 55.2 Å². The predicted molar refractivity (Wildman–Crippen MR) is 76.0 cm³/mol. The highest BCUT2D eigenvalue weighted by atomic mass is 127. The summed E-state index contributed by atoms with van der Waals surface area (Å²) in [5.74, 6) is 2.36. The highest BCUT2D eigenvalue weighted by Gasteiger charge is 2.35. The fraction of sp³-hybridized carbons (Fsp3) is 0.667. The van der Waals surface area contributed by atoms with Crippen molar-refractivity contribution in [1.29, 1.82) is 0 Å². The fourth-order valence-corrected chi connectivity index (χ4v) is 2.26. The number of hydrogen-bond donors (Lipinski definition) is 1. The van der Waals surface area contributed by atoms with Crippen LogP contribution in [0.3, 0.4) is 0 Å². The summed E-state index contributed by atoms with van der Waals surface area (Å²) < 4.78 is 6.82. The van der Waals surface area contributed by atoms with Gasteiger partial charge in [0.1, 0.15) is 11.9 Å². The van der Waals surface area contributed by atoms with Crippen LogP contribution in [0.15, 0.2) is 6.20 Å². The molecule has 0 aliphatic heterocycles. The summed E-state index contributed by atoms with van der Waals surface area (Å²) in [6.45, 7) is 5.67. The molecule has 4 nitrogen and oxygen atoms in total. The molecule has 1 fully saturated rings. The lowest BCUT2D eigenvalue weighted by molar-refractivity contribution is 0.0401. The van der Waals surface area contributed by atoms with Gasteiger partial charge in [-0.1, -0.05) is 0 Å². The first-order valence-corrected chi connectivity index (χ1v) is 7.22. The summed E-state index contributed by atoms with van der Waals surface area (Å²) in [4.78, 5) is 9.01. The van der Waals surface area contributed by atoms with Crippen LogP contribution < -0.4 is 5.32 Å². The molecule has 2 rings (SSSR count). The van der Waals surface area contributed by atoms with Crippen LogP contribution >= 0.6 is 22.6 Å². The second-order valence-corrected chi connectivity index (χ2v) is 5.33. The van der Waals surface area contributed by atoms with Crippen LogP contribution in [0, 0.1) is 9.49 Å². The van der Waals surface area contributed by atoms with Crippen molar-refractivity contribution < 1.29 is 4.74 Å². The third kappa shape index (κ3) is 3.28. The molecule has 5 heteroatoms. The molecule has 1 aliphatic rings. The lowest BCUT2D eigenvalue weighted by Gasteiger charge is -2.16. The molecular weight excluding hydrogens is 329 g/mol. The SMILES string of the molecule is CCNc1nc(C(OCC)C2CC2)ncc1I. The maximum atomic E-state index is 5.77. The molecule has 0 aromatic carbocycles. The maximum absolute atomic E-state index is 5.77. The third-order valence-electron chi connectivity index (χ3n) is 2.76. The molecule has 1 saturated carbocycles. The van der Waals surface area contributed by atoms with E-state index in [4.69, 9.17) is 4.74 Å². The number of nitrogens with one attached hydrogen (secondary N) is 1. The Morgan fingerprint density at radius 3 is 2.88 bits per heavy atom. The molecule has 0 radical (unpaired) electrons. The summed E-state index contributed by atoms with van der Waals surface area (Å²) in [5, 5.41) is 3.26. The van der Waals surface area contributed by atoms with Gasteiger partial charge in [0.15, 0.2) is 5.82 Å². The van der Waals surface area contributed by atoms with Gasteiger partial charge in [0.25, 0.3) is 0 Å². The number of nitrogens with zero attached hydrogens (tertiary/aromatic N) is 2. The molecule has 0 saturated heterocycles. The van der Waals surface area contributed by atoms with Gasteiger partial charge in [-0.2, -0.15) is 0 Å². The van der Waals surface area contributed by atoms with Gasteiger partial charge in [-0.3, -0.25) is 0 Å². The molecule has 17 heavy (non-hydrogen) atoms. The van der Waals surface area contributed by atoms with Crippen molar-refractivity contribution in [2.45, 2.75) is 32.8 Å². The van der Waals surface area contributed by atoms with Crippen molar-refractivity contribution in [2.24, 2.45) is 5.92 Å². The third-order valence-corrected chi connectivity index (χ3v) is 3.55. The molecule has 1 unspecified atom stereocenters. The first-order chi connectivity index (χ1) is 8.26. The summed E-state index contributed by atoms with van der Waals surface area (Å²) in [7, 11) is 0. The molecule has 0 bridgehead atoms. The van der Waals surface area contributed by atoms with E-state index in [0.717, 1.165) is 21.8 Å². The van der Waals surface area contributed by atoms with Gasteiger partial charge in [0, 0.05) is 19.3 Å². The zero-order valence-corrected chi connectivity index (χ0v) is 12.4. The Morgan fingerprint density at radius 1 is 1.53 bits per heavy atom. The molecule has 0 amide bonds. The van der Waals surface area contributed by atoms with Crippen LogP contribution in [-0.2, 0) is 4.74 Å². The number of aromatic nitrogens is 2. The van der Waals surface area contributed by atoms with Crippen LogP contribution in [0.25, 0.3) is 0 Å². The largest absolute Gasteiger partial charge is 0.370 e. The molecule has 1 aromatic rings. The van der Waals surface area contributed by atoms with Gasteiger partial charge < -0.3 is 10.1 Å². The first kappa shape index (κ1) is 13.0. The Morgan fingerprint density at radius 2 is 2.29 bits per heavy atom.